The molecule has 1 heterocycles. The van der Waals surface area contributed by atoms with Gasteiger partial charge in [0.1, 0.15) is 0 Å². The number of halogens is 2. The number of nitro benzene ring substituents is 1. The van der Waals surface area contributed by atoms with Crippen molar-refractivity contribution in [3.8, 4) is 5.75 Å². The quantitative estimate of drug-likeness (QED) is 0.677. The fourth-order valence-electron chi connectivity index (χ4n) is 2.25. The van der Waals surface area contributed by atoms with E-state index in [1.165, 1.54) is 12.1 Å². The summed E-state index contributed by atoms with van der Waals surface area (Å²) in [6.45, 7) is 1.13. The number of hydrogen-bond acceptors (Lipinski definition) is 5. The van der Waals surface area contributed by atoms with Crippen LogP contribution in [0.2, 0.25) is 0 Å². The van der Waals surface area contributed by atoms with E-state index in [-0.39, 0.29) is 6.04 Å². The Morgan fingerprint density at radius 3 is 2.90 bits per heavy atom. The van der Waals surface area contributed by atoms with E-state index in [1.807, 2.05) is 11.8 Å². The molecule has 0 aromatic heterocycles. The molecule has 0 saturated carbocycles. The van der Waals surface area contributed by atoms with E-state index in [0.717, 1.165) is 13.1 Å². The molecule has 0 aliphatic carbocycles. The van der Waals surface area contributed by atoms with Crippen LogP contribution in [0.1, 0.15) is 6.92 Å². The first-order chi connectivity index (χ1) is 9.49. The lowest BCUT2D eigenvalue weighted by Crippen LogP contribution is -2.49. The van der Waals surface area contributed by atoms with E-state index < -0.39 is 23.0 Å². The van der Waals surface area contributed by atoms with Crippen LogP contribution in [-0.2, 0) is 0 Å². The molecule has 1 aliphatic rings. The number of ether oxygens (including phenoxy) is 1. The van der Waals surface area contributed by atoms with Crippen molar-refractivity contribution in [3.05, 3.63) is 28.3 Å². The van der Waals surface area contributed by atoms with E-state index >= 15 is 0 Å². The van der Waals surface area contributed by atoms with Crippen molar-refractivity contribution in [1.29, 1.82) is 0 Å². The van der Waals surface area contributed by atoms with Crippen molar-refractivity contribution in [2.24, 2.45) is 0 Å². The van der Waals surface area contributed by atoms with Crippen LogP contribution in [0.15, 0.2) is 18.2 Å². The predicted molar refractivity (Wildman–Crippen MR) is 69.4 cm³/mol. The number of anilines is 1. The highest BCUT2D eigenvalue weighted by Crippen LogP contribution is 2.33. The Labute approximate surface area is 114 Å². The van der Waals surface area contributed by atoms with Gasteiger partial charge in [-0.2, -0.15) is 8.78 Å². The van der Waals surface area contributed by atoms with Gasteiger partial charge < -0.3 is 15.0 Å². The monoisotopic (exact) mass is 287 g/mol. The van der Waals surface area contributed by atoms with Crippen molar-refractivity contribution in [3.63, 3.8) is 0 Å². The Balaban J connectivity index is 2.33. The Hall–Kier alpha value is -1.96. The normalized spacial score (nSPS) is 19.2. The van der Waals surface area contributed by atoms with Crippen LogP contribution in [-0.4, -0.2) is 37.2 Å². The Kier molecular flexibility index (Phi) is 4.33. The maximum absolute atomic E-state index is 12.3. The standard InChI is InChI=1S/C12H15F2N3O3/c1-8-7-15-4-5-16(8)9-2-3-10(17(18)19)11(6-9)20-12(13)14/h2-3,6,8,12,15H,4-5,7H2,1H3. The summed E-state index contributed by atoms with van der Waals surface area (Å²) in [4.78, 5) is 12.1. The van der Waals surface area contributed by atoms with Gasteiger partial charge in [-0.1, -0.05) is 0 Å². The van der Waals surface area contributed by atoms with E-state index in [4.69, 9.17) is 0 Å². The van der Waals surface area contributed by atoms with Gasteiger partial charge in [-0.05, 0) is 13.0 Å². The molecule has 1 N–H and O–H groups in total. The van der Waals surface area contributed by atoms with Crippen LogP contribution in [0.3, 0.4) is 0 Å². The smallest absolute Gasteiger partial charge is 0.387 e. The molecule has 1 aromatic carbocycles. The average molecular weight is 287 g/mol. The first-order valence-electron chi connectivity index (χ1n) is 6.19. The van der Waals surface area contributed by atoms with Gasteiger partial charge in [0.25, 0.3) is 0 Å². The van der Waals surface area contributed by atoms with Crippen LogP contribution in [0.5, 0.6) is 5.75 Å². The van der Waals surface area contributed by atoms with Gasteiger partial charge in [0.2, 0.25) is 5.75 Å². The number of nitrogens with zero attached hydrogens (tertiary/aromatic N) is 2. The highest BCUT2D eigenvalue weighted by atomic mass is 19.3. The number of piperazine rings is 1. The number of rotatable bonds is 4. The molecule has 0 radical (unpaired) electrons. The molecule has 6 nitrogen and oxygen atoms in total. The Bertz CT molecular complexity index is 499. The molecule has 8 heteroatoms. The minimum absolute atomic E-state index is 0.171. The molecule has 20 heavy (non-hydrogen) atoms. The molecule has 0 amide bonds. The van der Waals surface area contributed by atoms with Crippen molar-refractivity contribution >= 4 is 11.4 Å². The molecule has 1 saturated heterocycles. The fourth-order valence-corrected chi connectivity index (χ4v) is 2.25. The van der Waals surface area contributed by atoms with Crippen LogP contribution < -0.4 is 15.0 Å². The summed E-state index contributed by atoms with van der Waals surface area (Å²) in [5.41, 5.74) is 0.178. The van der Waals surface area contributed by atoms with Crippen LogP contribution in [0.25, 0.3) is 0 Å². The van der Waals surface area contributed by atoms with Crippen molar-refractivity contribution in [1.82, 2.24) is 5.32 Å². The number of nitrogens with one attached hydrogen (secondary N) is 1. The van der Waals surface area contributed by atoms with Crippen LogP contribution in [0.4, 0.5) is 20.2 Å². The lowest BCUT2D eigenvalue weighted by atomic mass is 10.1. The molecular weight excluding hydrogens is 272 g/mol. The van der Waals surface area contributed by atoms with E-state index in [1.54, 1.807) is 6.07 Å². The third-order valence-corrected chi connectivity index (χ3v) is 3.19. The first kappa shape index (κ1) is 14.4. The maximum atomic E-state index is 12.3. The topological polar surface area (TPSA) is 67.6 Å². The van der Waals surface area contributed by atoms with Gasteiger partial charge in [-0.25, -0.2) is 0 Å². The van der Waals surface area contributed by atoms with Crippen molar-refractivity contribution in [2.45, 2.75) is 19.6 Å². The van der Waals surface area contributed by atoms with Gasteiger partial charge in [0.15, 0.2) is 0 Å². The summed E-state index contributed by atoms with van der Waals surface area (Å²) < 4.78 is 28.9. The van der Waals surface area contributed by atoms with Crippen LogP contribution in [0, 0.1) is 10.1 Å². The molecule has 0 spiro atoms. The van der Waals surface area contributed by atoms with Gasteiger partial charge in [-0.15, -0.1) is 0 Å². The van der Waals surface area contributed by atoms with Crippen LogP contribution >= 0.6 is 0 Å². The van der Waals surface area contributed by atoms with E-state index in [0.29, 0.717) is 12.2 Å². The molecule has 1 atom stereocenters. The molecule has 0 bridgehead atoms. The zero-order valence-electron chi connectivity index (χ0n) is 10.9. The summed E-state index contributed by atoms with van der Waals surface area (Å²) >= 11 is 0. The van der Waals surface area contributed by atoms with Crippen molar-refractivity contribution in [2.75, 3.05) is 24.5 Å². The second-order valence-corrected chi connectivity index (χ2v) is 4.53. The second kappa shape index (κ2) is 6.00. The summed E-state index contributed by atoms with van der Waals surface area (Å²) in [6.07, 6.45) is 0. The fraction of sp³-hybridized carbons (Fsp3) is 0.500. The second-order valence-electron chi connectivity index (χ2n) is 4.53. The minimum Gasteiger partial charge on any atom is -0.427 e. The summed E-state index contributed by atoms with van der Waals surface area (Å²) in [6, 6.07) is 4.22. The number of benzene rings is 1. The largest absolute Gasteiger partial charge is 0.427 e. The van der Waals surface area contributed by atoms with E-state index in [2.05, 4.69) is 10.1 Å². The zero-order valence-corrected chi connectivity index (χ0v) is 10.9. The average Bonchev–Trinajstić information content (AvgIpc) is 2.38. The molecular formula is C12H15F2N3O3. The van der Waals surface area contributed by atoms with Gasteiger partial charge >= 0.3 is 12.3 Å². The SMILES string of the molecule is CC1CNCCN1c1ccc([N+](=O)[O-])c(OC(F)F)c1. The van der Waals surface area contributed by atoms with E-state index in [9.17, 15) is 18.9 Å². The minimum atomic E-state index is -3.09. The molecule has 1 aromatic rings. The van der Waals surface area contributed by atoms with Crippen molar-refractivity contribution < 1.29 is 18.4 Å². The maximum Gasteiger partial charge on any atom is 0.387 e. The highest BCUT2D eigenvalue weighted by Gasteiger charge is 2.23. The molecule has 1 unspecified atom stereocenters. The number of alkyl halides is 2. The van der Waals surface area contributed by atoms with Gasteiger partial charge in [0, 0.05) is 43.5 Å². The lowest BCUT2D eigenvalue weighted by molar-refractivity contribution is -0.386. The molecule has 1 aliphatic heterocycles. The summed E-state index contributed by atoms with van der Waals surface area (Å²) in [5.74, 6) is -0.409. The first-order valence-corrected chi connectivity index (χ1v) is 6.19. The third kappa shape index (κ3) is 3.13. The lowest BCUT2D eigenvalue weighted by Gasteiger charge is -2.36. The number of hydrogen-bond donors (Lipinski definition) is 1. The predicted octanol–water partition coefficient (Wildman–Crippen LogP) is 1.99. The summed E-state index contributed by atoms with van der Waals surface area (Å²) in [7, 11) is 0. The Morgan fingerprint density at radius 2 is 2.30 bits per heavy atom. The molecule has 110 valence electrons. The van der Waals surface area contributed by atoms with Gasteiger partial charge in [0.05, 0.1) is 4.92 Å². The zero-order chi connectivity index (χ0) is 14.7. The molecule has 1 fully saturated rings. The third-order valence-electron chi connectivity index (χ3n) is 3.19. The van der Waals surface area contributed by atoms with Gasteiger partial charge in [-0.3, -0.25) is 10.1 Å². The Morgan fingerprint density at radius 1 is 1.55 bits per heavy atom. The highest BCUT2D eigenvalue weighted by molar-refractivity contribution is 5.60. The summed E-state index contributed by atoms with van der Waals surface area (Å²) in [5, 5.41) is 14.0. The number of nitro groups is 1. The molecule has 2 rings (SSSR count).